The SMILES string of the molecule is c1cc(OC2CCCC2)ccc1NCC1CCCN1. The van der Waals surface area contributed by atoms with E-state index in [-0.39, 0.29) is 0 Å². The van der Waals surface area contributed by atoms with Gasteiger partial charge in [-0.05, 0) is 69.3 Å². The highest BCUT2D eigenvalue weighted by atomic mass is 16.5. The zero-order valence-electron chi connectivity index (χ0n) is 11.5. The Kier molecular flexibility index (Phi) is 4.23. The predicted molar refractivity (Wildman–Crippen MR) is 78.8 cm³/mol. The molecule has 0 amide bonds. The maximum atomic E-state index is 5.97. The van der Waals surface area contributed by atoms with Gasteiger partial charge in [-0.25, -0.2) is 0 Å². The molecule has 3 nitrogen and oxygen atoms in total. The molecule has 1 saturated carbocycles. The summed E-state index contributed by atoms with van der Waals surface area (Å²) in [4.78, 5) is 0. The minimum atomic E-state index is 0.446. The second kappa shape index (κ2) is 6.29. The fourth-order valence-corrected chi connectivity index (χ4v) is 3.02. The Bertz CT molecular complexity index is 378. The molecular formula is C16H24N2O. The van der Waals surface area contributed by atoms with Gasteiger partial charge >= 0.3 is 0 Å². The fourth-order valence-electron chi connectivity index (χ4n) is 3.02. The smallest absolute Gasteiger partial charge is 0.119 e. The molecule has 2 aliphatic rings. The van der Waals surface area contributed by atoms with Crippen LogP contribution in [0.4, 0.5) is 5.69 Å². The fraction of sp³-hybridized carbons (Fsp3) is 0.625. The Morgan fingerprint density at radius 3 is 2.53 bits per heavy atom. The molecule has 1 saturated heterocycles. The van der Waals surface area contributed by atoms with E-state index in [1.165, 1.54) is 50.8 Å². The second-order valence-electron chi connectivity index (χ2n) is 5.72. The quantitative estimate of drug-likeness (QED) is 0.853. The Balaban J connectivity index is 1.47. The van der Waals surface area contributed by atoms with Crippen LogP contribution in [0, 0.1) is 0 Å². The summed E-state index contributed by atoms with van der Waals surface area (Å²) in [6.07, 6.45) is 8.11. The number of rotatable bonds is 5. The summed E-state index contributed by atoms with van der Waals surface area (Å²) >= 11 is 0. The molecule has 0 bridgehead atoms. The molecule has 1 heterocycles. The standard InChI is InChI=1S/C16H24N2O/c1-2-6-15(5-1)19-16-9-7-13(8-10-16)18-12-14-4-3-11-17-14/h7-10,14-15,17-18H,1-6,11-12H2. The number of hydrogen-bond acceptors (Lipinski definition) is 3. The summed E-state index contributed by atoms with van der Waals surface area (Å²) < 4.78 is 5.97. The molecule has 2 fully saturated rings. The van der Waals surface area contributed by atoms with Crippen molar-refractivity contribution >= 4 is 5.69 Å². The van der Waals surface area contributed by atoms with Gasteiger partial charge in [-0.15, -0.1) is 0 Å². The van der Waals surface area contributed by atoms with Crippen LogP contribution in [-0.2, 0) is 0 Å². The zero-order chi connectivity index (χ0) is 12.9. The average Bonchev–Trinajstić information content (AvgIpc) is 3.11. The molecule has 0 spiro atoms. The van der Waals surface area contributed by atoms with Crippen LogP contribution in [0.15, 0.2) is 24.3 Å². The summed E-state index contributed by atoms with van der Waals surface area (Å²) in [7, 11) is 0. The zero-order valence-corrected chi connectivity index (χ0v) is 11.5. The summed E-state index contributed by atoms with van der Waals surface area (Å²) in [5.74, 6) is 1.01. The van der Waals surface area contributed by atoms with E-state index in [0.717, 1.165) is 12.3 Å². The summed E-state index contributed by atoms with van der Waals surface area (Å²) in [6.45, 7) is 2.18. The van der Waals surface area contributed by atoms with Gasteiger partial charge in [0.15, 0.2) is 0 Å². The molecule has 1 atom stereocenters. The van der Waals surface area contributed by atoms with Gasteiger partial charge in [0.2, 0.25) is 0 Å². The highest BCUT2D eigenvalue weighted by molar-refractivity contribution is 5.46. The predicted octanol–water partition coefficient (Wildman–Crippen LogP) is 3.17. The molecule has 1 aliphatic heterocycles. The van der Waals surface area contributed by atoms with E-state index < -0.39 is 0 Å². The third-order valence-corrected chi connectivity index (χ3v) is 4.17. The first-order valence-corrected chi connectivity index (χ1v) is 7.64. The maximum Gasteiger partial charge on any atom is 0.119 e. The van der Waals surface area contributed by atoms with Crippen molar-refractivity contribution in [1.82, 2.24) is 5.32 Å². The van der Waals surface area contributed by atoms with Crippen LogP contribution in [0.5, 0.6) is 5.75 Å². The van der Waals surface area contributed by atoms with E-state index in [1.807, 2.05) is 0 Å². The number of hydrogen-bond donors (Lipinski definition) is 2. The van der Waals surface area contributed by atoms with Crippen LogP contribution in [0.1, 0.15) is 38.5 Å². The number of ether oxygens (including phenoxy) is 1. The van der Waals surface area contributed by atoms with Crippen molar-refractivity contribution in [3.8, 4) is 5.75 Å². The molecular weight excluding hydrogens is 236 g/mol. The van der Waals surface area contributed by atoms with Crippen molar-refractivity contribution in [2.75, 3.05) is 18.4 Å². The van der Waals surface area contributed by atoms with Crippen LogP contribution < -0.4 is 15.4 Å². The van der Waals surface area contributed by atoms with Crippen molar-refractivity contribution in [3.05, 3.63) is 24.3 Å². The van der Waals surface area contributed by atoms with Gasteiger partial charge in [0.25, 0.3) is 0 Å². The molecule has 2 N–H and O–H groups in total. The van der Waals surface area contributed by atoms with Crippen LogP contribution in [0.2, 0.25) is 0 Å². The second-order valence-corrected chi connectivity index (χ2v) is 5.72. The van der Waals surface area contributed by atoms with Crippen molar-refractivity contribution in [2.24, 2.45) is 0 Å². The molecule has 1 aromatic carbocycles. The molecule has 1 aromatic rings. The normalized spacial score (nSPS) is 23.7. The molecule has 3 rings (SSSR count). The monoisotopic (exact) mass is 260 g/mol. The first-order valence-electron chi connectivity index (χ1n) is 7.64. The number of nitrogens with one attached hydrogen (secondary N) is 2. The minimum Gasteiger partial charge on any atom is -0.490 e. The first kappa shape index (κ1) is 12.8. The first-order chi connectivity index (χ1) is 9.40. The molecule has 0 radical (unpaired) electrons. The van der Waals surface area contributed by atoms with Crippen LogP contribution >= 0.6 is 0 Å². The summed E-state index contributed by atoms with van der Waals surface area (Å²) in [5.41, 5.74) is 1.19. The van der Waals surface area contributed by atoms with Gasteiger partial charge in [0.1, 0.15) is 5.75 Å². The summed E-state index contributed by atoms with van der Waals surface area (Å²) in [6, 6.07) is 9.05. The van der Waals surface area contributed by atoms with Gasteiger partial charge in [0.05, 0.1) is 6.10 Å². The van der Waals surface area contributed by atoms with Crippen molar-refractivity contribution in [1.29, 1.82) is 0 Å². The van der Waals surface area contributed by atoms with Gasteiger partial charge in [-0.1, -0.05) is 0 Å². The highest BCUT2D eigenvalue weighted by Crippen LogP contribution is 2.25. The van der Waals surface area contributed by atoms with Gasteiger partial charge in [0, 0.05) is 18.3 Å². The molecule has 104 valence electrons. The van der Waals surface area contributed by atoms with Crippen LogP contribution in [-0.4, -0.2) is 25.2 Å². The molecule has 0 aromatic heterocycles. The van der Waals surface area contributed by atoms with Crippen molar-refractivity contribution in [2.45, 2.75) is 50.7 Å². The van der Waals surface area contributed by atoms with E-state index in [4.69, 9.17) is 4.74 Å². The van der Waals surface area contributed by atoms with Crippen molar-refractivity contribution in [3.63, 3.8) is 0 Å². The number of benzene rings is 1. The molecule has 1 unspecified atom stereocenters. The van der Waals surface area contributed by atoms with Crippen LogP contribution in [0.3, 0.4) is 0 Å². The number of anilines is 1. The van der Waals surface area contributed by atoms with E-state index in [0.29, 0.717) is 12.1 Å². The lowest BCUT2D eigenvalue weighted by Gasteiger charge is -2.15. The largest absolute Gasteiger partial charge is 0.490 e. The Labute approximate surface area is 115 Å². The van der Waals surface area contributed by atoms with E-state index in [1.54, 1.807) is 0 Å². The van der Waals surface area contributed by atoms with Gasteiger partial charge in [-0.3, -0.25) is 0 Å². The third-order valence-electron chi connectivity index (χ3n) is 4.17. The topological polar surface area (TPSA) is 33.3 Å². The Morgan fingerprint density at radius 1 is 1.05 bits per heavy atom. The van der Waals surface area contributed by atoms with Crippen molar-refractivity contribution < 1.29 is 4.74 Å². The van der Waals surface area contributed by atoms with Crippen LogP contribution in [0.25, 0.3) is 0 Å². The molecule has 19 heavy (non-hydrogen) atoms. The summed E-state index contributed by atoms with van der Waals surface area (Å²) in [5, 5.41) is 6.99. The molecule has 1 aliphatic carbocycles. The third kappa shape index (κ3) is 3.63. The van der Waals surface area contributed by atoms with E-state index >= 15 is 0 Å². The Hall–Kier alpha value is -1.22. The van der Waals surface area contributed by atoms with E-state index in [2.05, 4.69) is 34.9 Å². The lowest BCUT2D eigenvalue weighted by molar-refractivity contribution is 0.210. The average molecular weight is 260 g/mol. The lowest BCUT2D eigenvalue weighted by Crippen LogP contribution is -2.29. The van der Waals surface area contributed by atoms with Gasteiger partial charge in [-0.2, -0.15) is 0 Å². The Morgan fingerprint density at radius 2 is 1.84 bits per heavy atom. The van der Waals surface area contributed by atoms with E-state index in [9.17, 15) is 0 Å². The highest BCUT2D eigenvalue weighted by Gasteiger charge is 2.16. The maximum absolute atomic E-state index is 5.97. The molecule has 3 heteroatoms. The lowest BCUT2D eigenvalue weighted by atomic mass is 10.2. The minimum absolute atomic E-state index is 0.446. The van der Waals surface area contributed by atoms with Gasteiger partial charge < -0.3 is 15.4 Å².